The smallest absolute Gasteiger partial charge is 0.322 e. The lowest BCUT2D eigenvalue weighted by Gasteiger charge is -2.33. The van der Waals surface area contributed by atoms with E-state index in [1.807, 2.05) is 0 Å². The van der Waals surface area contributed by atoms with Gasteiger partial charge in [0.05, 0.1) is 11.2 Å². The van der Waals surface area contributed by atoms with Gasteiger partial charge in [0.2, 0.25) is 15.0 Å². The molecule has 34 heavy (non-hydrogen) atoms. The zero-order chi connectivity index (χ0) is 24.9. The average Bonchev–Trinajstić information content (AvgIpc) is 3.37. The summed E-state index contributed by atoms with van der Waals surface area (Å²) < 4.78 is 64.2. The van der Waals surface area contributed by atoms with Crippen molar-refractivity contribution in [3.8, 4) is 0 Å². The molecule has 1 aliphatic heterocycles. The van der Waals surface area contributed by atoms with E-state index in [2.05, 4.69) is 15.5 Å². The molecule has 0 spiro atoms. The Hall–Kier alpha value is -1.67. The number of amides is 2. The molecule has 4 rings (SSSR count). The Balaban J connectivity index is 1.48. The number of carbonyl (C=O) groups is 1. The van der Waals surface area contributed by atoms with Crippen LogP contribution in [0.3, 0.4) is 0 Å². The van der Waals surface area contributed by atoms with E-state index in [0.29, 0.717) is 35.4 Å². The monoisotopic (exact) mass is 557 g/mol. The third kappa shape index (κ3) is 4.85. The maximum absolute atomic E-state index is 13.0. The Kier molecular flexibility index (Phi) is 6.79. The van der Waals surface area contributed by atoms with E-state index in [0.717, 1.165) is 0 Å². The van der Waals surface area contributed by atoms with Crippen molar-refractivity contribution in [3.05, 3.63) is 37.8 Å². The maximum Gasteiger partial charge on any atom is 0.445 e. The summed E-state index contributed by atoms with van der Waals surface area (Å²) in [6.07, 6.45) is -3.54. The first-order chi connectivity index (χ1) is 15.9. The molecule has 2 aromatic rings. The molecule has 1 saturated carbocycles. The molecule has 8 nitrogen and oxygen atoms in total. The van der Waals surface area contributed by atoms with Gasteiger partial charge < -0.3 is 10.2 Å². The van der Waals surface area contributed by atoms with Gasteiger partial charge in [-0.1, -0.05) is 34.5 Å². The summed E-state index contributed by atoms with van der Waals surface area (Å²) in [5, 5.41) is 9.27. The Morgan fingerprint density at radius 1 is 1.15 bits per heavy atom. The van der Waals surface area contributed by atoms with Gasteiger partial charge in [0.1, 0.15) is 5.01 Å². The Bertz CT molecular complexity index is 1190. The molecule has 15 heteroatoms. The number of benzene rings is 1. The first kappa shape index (κ1) is 25.4. The summed E-state index contributed by atoms with van der Waals surface area (Å²) in [5.74, 6) is -0.00138. The molecule has 1 aromatic heterocycles. The summed E-state index contributed by atoms with van der Waals surface area (Å²) in [6.45, 7) is 2.43. The Morgan fingerprint density at radius 3 is 2.21 bits per heavy atom. The van der Waals surface area contributed by atoms with E-state index in [4.69, 9.17) is 23.2 Å². The minimum absolute atomic E-state index is 0.00138. The second-order valence-corrected chi connectivity index (χ2v) is 12.1. The molecule has 0 unspecified atom stereocenters. The standard InChI is InChI=1S/C19H20Cl2F3N5O3S2/c1-2-34(31,32)29-7-5-28(6-8-29)17(30)25-11-9-12(20)14(13(21)10-11)18(3-4-18)15-26-27-16(33-15)19(22,23)24/h9-10H,2-8H2,1H3,(H,25,30). The van der Waals surface area contributed by atoms with Gasteiger partial charge in [0, 0.05) is 47.5 Å². The third-order valence-electron chi connectivity index (χ3n) is 5.88. The van der Waals surface area contributed by atoms with Crippen LogP contribution in [0, 0.1) is 0 Å². The van der Waals surface area contributed by atoms with Gasteiger partial charge >= 0.3 is 12.2 Å². The fourth-order valence-electron chi connectivity index (χ4n) is 3.88. The zero-order valence-corrected chi connectivity index (χ0v) is 21.0. The van der Waals surface area contributed by atoms with Gasteiger partial charge in [-0.2, -0.15) is 17.5 Å². The van der Waals surface area contributed by atoms with Crippen LogP contribution in [0.25, 0.3) is 0 Å². The van der Waals surface area contributed by atoms with Crippen LogP contribution in [-0.2, 0) is 21.6 Å². The summed E-state index contributed by atoms with van der Waals surface area (Å²) >= 11 is 13.4. The number of anilines is 1. The van der Waals surface area contributed by atoms with E-state index in [1.54, 1.807) is 6.92 Å². The van der Waals surface area contributed by atoms with Gasteiger partial charge in [0.15, 0.2) is 0 Å². The number of hydrogen-bond acceptors (Lipinski definition) is 6. The fourth-order valence-corrected chi connectivity index (χ4v) is 6.78. The molecule has 1 aromatic carbocycles. The lowest BCUT2D eigenvalue weighted by Crippen LogP contribution is -2.51. The summed E-state index contributed by atoms with van der Waals surface area (Å²) in [4.78, 5) is 14.2. The third-order valence-corrected chi connectivity index (χ3v) is 9.53. The second kappa shape index (κ2) is 9.08. The van der Waals surface area contributed by atoms with Crippen LogP contribution in [0.5, 0.6) is 0 Å². The van der Waals surface area contributed by atoms with Crippen LogP contribution in [0.1, 0.15) is 35.3 Å². The number of nitrogens with one attached hydrogen (secondary N) is 1. The van der Waals surface area contributed by atoms with Gasteiger partial charge in [-0.05, 0) is 31.9 Å². The molecular weight excluding hydrogens is 538 g/mol. The van der Waals surface area contributed by atoms with E-state index < -0.39 is 32.7 Å². The lowest BCUT2D eigenvalue weighted by molar-refractivity contribution is -0.138. The molecule has 1 aliphatic carbocycles. The van der Waals surface area contributed by atoms with Crippen molar-refractivity contribution in [2.45, 2.75) is 31.4 Å². The Labute approximate surface area is 208 Å². The van der Waals surface area contributed by atoms with E-state index >= 15 is 0 Å². The topological polar surface area (TPSA) is 95.5 Å². The number of piperazine rings is 1. The predicted molar refractivity (Wildman–Crippen MR) is 123 cm³/mol. The van der Waals surface area contributed by atoms with Crippen molar-refractivity contribution in [3.63, 3.8) is 0 Å². The van der Waals surface area contributed by atoms with Gasteiger partial charge in [-0.15, -0.1) is 10.2 Å². The van der Waals surface area contributed by atoms with Crippen LogP contribution < -0.4 is 5.32 Å². The highest BCUT2D eigenvalue weighted by Gasteiger charge is 2.52. The minimum Gasteiger partial charge on any atom is -0.322 e. The van der Waals surface area contributed by atoms with Crippen molar-refractivity contribution < 1.29 is 26.4 Å². The zero-order valence-electron chi connectivity index (χ0n) is 17.8. The number of nitrogens with zero attached hydrogens (tertiary/aromatic N) is 4. The number of hydrogen-bond donors (Lipinski definition) is 1. The largest absolute Gasteiger partial charge is 0.445 e. The number of aromatic nitrogens is 2. The van der Waals surface area contributed by atoms with Crippen LogP contribution in [-0.4, -0.2) is 65.8 Å². The van der Waals surface area contributed by atoms with Crippen LogP contribution in [0.15, 0.2) is 12.1 Å². The number of urea groups is 1. The van der Waals surface area contributed by atoms with Gasteiger partial charge in [0.25, 0.3) is 0 Å². The Morgan fingerprint density at radius 2 is 1.74 bits per heavy atom. The van der Waals surface area contributed by atoms with Crippen molar-refractivity contribution in [2.75, 3.05) is 37.2 Å². The van der Waals surface area contributed by atoms with Crippen LogP contribution in [0.2, 0.25) is 10.0 Å². The summed E-state index contributed by atoms with van der Waals surface area (Å²) in [5.41, 5.74) is -0.0626. The maximum atomic E-state index is 13.0. The predicted octanol–water partition coefficient (Wildman–Crippen LogP) is 4.44. The van der Waals surface area contributed by atoms with E-state index in [1.165, 1.54) is 21.3 Å². The molecule has 1 saturated heterocycles. The van der Waals surface area contributed by atoms with Crippen LogP contribution >= 0.6 is 34.5 Å². The SMILES string of the molecule is CCS(=O)(=O)N1CCN(C(=O)Nc2cc(Cl)c(C3(c4nnc(C(F)(F)F)s4)CC3)c(Cl)c2)CC1. The normalized spacial score (nSPS) is 18.7. The average molecular weight is 558 g/mol. The molecule has 2 fully saturated rings. The lowest BCUT2D eigenvalue weighted by atomic mass is 9.96. The quantitative estimate of drug-likeness (QED) is 0.586. The number of carbonyl (C=O) groups excluding carboxylic acids is 1. The fraction of sp³-hybridized carbons (Fsp3) is 0.526. The van der Waals surface area contributed by atoms with Crippen molar-refractivity contribution in [2.24, 2.45) is 0 Å². The van der Waals surface area contributed by atoms with E-state index in [-0.39, 0.29) is 47.0 Å². The van der Waals surface area contributed by atoms with Crippen molar-refractivity contribution >= 4 is 56.3 Å². The molecule has 1 N–H and O–H groups in total. The molecule has 2 heterocycles. The van der Waals surface area contributed by atoms with Gasteiger partial charge in [-0.3, -0.25) is 0 Å². The molecule has 0 atom stereocenters. The minimum atomic E-state index is -4.58. The number of sulfonamides is 1. The van der Waals surface area contributed by atoms with E-state index in [9.17, 15) is 26.4 Å². The van der Waals surface area contributed by atoms with Gasteiger partial charge in [-0.25, -0.2) is 13.2 Å². The molecule has 2 aliphatic rings. The summed E-state index contributed by atoms with van der Waals surface area (Å²) in [7, 11) is -3.31. The highest BCUT2D eigenvalue weighted by Crippen LogP contribution is 2.58. The molecule has 2 amide bonds. The first-order valence-corrected chi connectivity index (χ1v) is 13.5. The number of alkyl halides is 3. The highest BCUT2D eigenvalue weighted by atomic mass is 35.5. The highest BCUT2D eigenvalue weighted by molar-refractivity contribution is 7.89. The van der Waals surface area contributed by atoms with Crippen molar-refractivity contribution in [1.29, 1.82) is 0 Å². The second-order valence-electron chi connectivity index (χ2n) is 8.02. The molecule has 186 valence electrons. The van der Waals surface area contributed by atoms with Crippen LogP contribution in [0.4, 0.5) is 23.7 Å². The number of halogens is 5. The summed E-state index contributed by atoms with van der Waals surface area (Å²) in [6, 6.07) is 2.54. The first-order valence-electron chi connectivity index (χ1n) is 10.3. The molecule has 0 bridgehead atoms. The molecule has 0 radical (unpaired) electrons. The number of rotatable bonds is 5. The molecular formula is C19H20Cl2F3N5O3S2. The van der Waals surface area contributed by atoms with Crippen molar-refractivity contribution in [1.82, 2.24) is 19.4 Å².